The van der Waals surface area contributed by atoms with Crippen LogP contribution in [-0.4, -0.2) is 26.9 Å². The van der Waals surface area contributed by atoms with Gasteiger partial charge in [-0.25, -0.2) is 0 Å². The van der Waals surface area contributed by atoms with Gasteiger partial charge in [0.25, 0.3) is 0 Å². The number of hydrogen-bond donors (Lipinski definition) is 2. The van der Waals surface area contributed by atoms with Gasteiger partial charge in [0.2, 0.25) is 0 Å². The van der Waals surface area contributed by atoms with Crippen molar-refractivity contribution < 1.29 is 10.2 Å². The molecule has 0 aromatic carbocycles. The molecule has 2 N–H and O–H groups in total. The number of aliphatic hydroxyl groups excluding tert-OH is 1. The third kappa shape index (κ3) is 3.29. The fraction of sp³-hybridized carbons (Fsp3) is 0.615. The summed E-state index contributed by atoms with van der Waals surface area (Å²) in [6.07, 6.45) is 2.94. The molecule has 16 heavy (non-hydrogen) atoms. The molecule has 0 amide bonds. The fourth-order valence-corrected chi connectivity index (χ4v) is 1.44. The predicted molar refractivity (Wildman–Crippen MR) is 64.2 cm³/mol. The molecule has 0 saturated carbocycles. The van der Waals surface area contributed by atoms with Crippen molar-refractivity contribution in [3.63, 3.8) is 0 Å². The Bertz CT molecular complexity index is 319. The summed E-state index contributed by atoms with van der Waals surface area (Å²) < 4.78 is 0. The van der Waals surface area contributed by atoms with Crippen molar-refractivity contribution in [1.29, 1.82) is 0 Å². The minimum atomic E-state index is -1.04. The third-order valence-corrected chi connectivity index (χ3v) is 3.13. The zero-order chi connectivity index (χ0) is 12.2. The summed E-state index contributed by atoms with van der Waals surface area (Å²) in [6, 6.07) is 3.92. The molecule has 0 fully saturated rings. The number of aryl methyl sites for hydroxylation is 1. The van der Waals surface area contributed by atoms with E-state index in [1.807, 2.05) is 25.3 Å². The van der Waals surface area contributed by atoms with Gasteiger partial charge in [0.15, 0.2) is 0 Å². The van der Waals surface area contributed by atoms with Crippen molar-refractivity contribution >= 4 is 0 Å². The van der Waals surface area contributed by atoms with E-state index in [4.69, 9.17) is 0 Å². The van der Waals surface area contributed by atoms with Gasteiger partial charge in [-0.15, -0.1) is 0 Å². The largest absolute Gasteiger partial charge is 0.390 e. The summed E-state index contributed by atoms with van der Waals surface area (Å²) in [6.45, 7) is 5.59. The lowest BCUT2D eigenvalue weighted by atomic mass is 9.92. The number of rotatable bonds is 5. The standard InChI is InChI=1S/C13H21NO2/c1-4-10-6-7-11(14-9-10)8-12(15)13(3,16)5-2/h6-7,9,12,15-16H,4-5,8H2,1-3H3. The van der Waals surface area contributed by atoms with Crippen LogP contribution in [0.4, 0.5) is 0 Å². The summed E-state index contributed by atoms with van der Waals surface area (Å²) in [5.41, 5.74) is 0.962. The number of pyridine rings is 1. The van der Waals surface area contributed by atoms with Gasteiger partial charge >= 0.3 is 0 Å². The maximum atomic E-state index is 9.88. The van der Waals surface area contributed by atoms with E-state index in [0.717, 1.165) is 12.1 Å². The van der Waals surface area contributed by atoms with E-state index in [1.165, 1.54) is 5.56 Å². The van der Waals surface area contributed by atoms with Gasteiger partial charge in [-0.05, 0) is 31.4 Å². The molecule has 1 rings (SSSR count). The van der Waals surface area contributed by atoms with E-state index in [2.05, 4.69) is 11.9 Å². The van der Waals surface area contributed by atoms with Crippen LogP contribution in [0, 0.1) is 0 Å². The van der Waals surface area contributed by atoms with E-state index >= 15 is 0 Å². The zero-order valence-corrected chi connectivity index (χ0v) is 10.3. The molecule has 0 aliphatic carbocycles. The first-order valence-corrected chi connectivity index (χ1v) is 5.83. The highest BCUT2D eigenvalue weighted by atomic mass is 16.3. The van der Waals surface area contributed by atoms with E-state index in [-0.39, 0.29) is 0 Å². The molecule has 1 aromatic rings. The first-order chi connectivity index (χ1) is 7.49. The summed E-state index contributed by atoms with van der Waals surface area (Å²) >= 11 is 0. The van der Waals surface area contributed by atoms with Crippen molar-refractivity contribution in [1.82, 2.24) is 4.98 Å². The van der Waals surface area contributed by atoms with Crippen molar-refractivity contribution in [3.8, 4) is 0 Å². The Morgan fingerprint density at radius 3 is 2.50 bits per heavy atom. The van der Waals surface area contributed by atoms with Crippen molar-refractivity contribution in [2.24, 2.45) is 0 Å². The molecule has 2 unspecified atom stereocenters. The number of nitrogens with zero attached hydrogens (tertiary/aromatic N) is 1. The van der Waals surface area contributed by atoms with Crippen LogP contribution in [0.3, 0.4) is 0 Å². The minimum absolute atomic E-state index is 0.394. The molecule has 90 valence electrons. The van der Waals surface area contributed by atoms with Crippen molar-refractivity contribution in [3.05, 3.63) is 29.6 Å². The van der Waals surface area contributed by atoms with Gasteiger partial charge in [-0.1, -0.05) is 19.9 Å². The average Bonchev–Trinajstić information content (AvgIpc) is 2.30. The zero-order valence-electron chi connectivity index (χ0n) is 10.3. The highest BCUT2D eigenvalue weighted by molar-refractivity contribution is 5.14. The van der Waals surface area contributed by atoms with Crippen LogP contribution in [0.25, 0.3) is 0 Å². The second-order valence-electron chi connectivity index (χ2n) is 4.44. The van der Waals surface area contributed by atoms with Gasteiger partial charge < -0.3 is 10.2 Å². The van der Waals surface area contributed by atoms with Gasteiger partial charge in [0, 0.05) is 18.3 Å². The van der Waals surface area contributed by atoms with E-state index in [9.17, 15) is 10.2 Å². The molecule has 0 aliphatic heterocycles. The Balaban J connectivity index is 2.66. The first kappa shape index (κ1) is 13.1. The number of hydrogen-bond acceptors (Lipinski definition) is 3. The second kappa shape index (κ2) is 5.41. The van der Waals surface area contributed by atoms with Crippen LogP contribution in [0.15, 0.2) is 18.3 Å². The Kier molecular flexibility index (Phi) is 4.44. The molecule has 0 saturated heterocycles. The molecule has 1 heterocycles. The lowest BCUT2D eigenvalue weighted by molar-refractivity contribution is -0.0633. The van der Waals surface area contributed by atoms with Gasteiger partial charge in [0.05, 0.1) is 11.7 Å². The van der Waals surface area contributed by atoms with Crippen LogP contribution in [0.1, 0.15) is 38.4 Å². The average molecular weight is 223 g/mol. The summed E-state index contributed by atoms with van der Waals surface area (Å²) in [4.78, 5) is 4.27. The highest BCUT2D eigenvalue weighted by Gasteiger charge is 2.28. The molecule has 1 aromatic heterocycles. The molecule has 0 bridgehead atoms. The second-order valence-corrected chi connectivity index (χ2v) is 4.44. The third-order valence-electron chi connectivity index (χ3n) is 3.13. The van der Waals surface area contributed by atoms with Crippen LogP contribution < -0.4 is 0 Å². The fourth-order valence-electron chi connectivity index (χ4n) is 1.44. The quantitative estimate of drug-likeness (QED) is 0.799. The van der Waals surface area contributed by atoms with Crippen molar-refractivity contribution in [2.75, 3.05) is 0 Å². The molecule has 2 atom stereocenters. The van der Waals surface area contributed by atoms with E-state index in [1.54, 1.807) is 6.92 Å². The van der Waals surface area contributed by atoms with E-state index < -0.39 is 11.7 Å². The number of aliphatic hydroxyl groups is 2. The maximum Gasteiger partial charge on any atom is 0.0879 e. The predicted octanol–water partition coefficient (Wildman–Crippen LogP) is 1.71. The Morgan fingerprint density at radius 1 is 1.38 bits per heavy atom. The molecule has 0 radical (unpaired) electrons. The highest BCUT2D eigenvalue weighted by Crippen LogP contribution is 2.17. The first-order valence-electron chi connectivity index (χ1n) is 5.83. The smallest absolute Gasteiger partial charge is 0.0879 e. The summed E-state index contributed by atoms with van der Waals surface area (Å²) in [5.74, 6) is 0. The van der Waals surface area contributed by atoms with Gasteiger partial charge in [-0.2, -0.15) is 0 Å². The SMILES string of the molecule is CCc1ccc(CC(O)C(C)(O)CC)nc1. The van der Waals surface area contributed by atoms with Crippen LogP contribution in [0.5, 0.6) is 0 Å². The van der Waals surface area contributed by atoms with Crippen LogP contribution >= 0.6 is 0 Å². The maximum absolute atomic E-state index is 9.88. The summed E-state index contributed by atoms with van der Waals surface area (Å²) in [5, 5.41) is 19.7. The molecular weight excluding hydrogens is 202 g/mol. The molecule has 3 nitrogen and oxygen atoms in total. The topological polar surface area (TPSA) is 53.4 Å². The monoisotopic (exact) mass is 223 g/mol. The van der Waals surface area contributed by atoms with Gasteiger partial charge in [-0.3, -0.25) is 4.98 Å². The molecule has 3 heteroatoms. The lowest BCUT2D eigenvalue weighted by Gasteiger charge is -2.27. The van der Waals surface area contributed by atoms with Crippen molar-refractivity contribution in [2.45, 2.75) is 51.7 Å². The van der Waals surface area contributed by atoms with Gasteiger partial charge in [0.1, 0.15) is 0 Å². The minimum Gasteiger partial charge on any atom is -0.390 e. The normalized spacial score (nSPS) is 16.8. The summed E-state index contributed by atoms with van der Waals surface area (Å²) in [7, 11) is 0. The number of aromatic nitrogens is 1. The Morgan fingerprint density at radius 2 is 2.06 bits per heavy atom. The van der Waals surface area contributed by atoms with Crippen LogP contribution in [-0.2, 0) is 12.8 Å². The Hall–Kier alpha value is -0.930. The Labute approximate surface area is 97.2 Å². The molecular formula is C13H21NO2. The molecule has 0 spiro atoms. The lowest BCUT2D eigenvalue weighted by Crippen LogP contribution is -2.40. The van der Waals surface area contributed by atoms with Crippen LogP contribution in [0.2, 0.25) is 0 Å². The van der Waals surface area contributed by atoms with E-state index in [0.29, 0.717) is 12.8 Å². The molecule has 0 aliphatic rings.